The van der Waals surface area contributed by atoms with Crippen LogP contribution in [0, 0.1) is 10.8 Å². The molecule has 2 aromatic carbocycles. The van der Waals surface area contributed by atoms with E-state index in [1.165, 1.54) is 7.11 Å². The van der Waals surface area contributed by atoms with Gasteiger partial charge in [-0.3, -0.25) is 9.59 Å². The number of hydrogen-bond acceptors (Lipinski definition) is 10. The van der Waals surface area contributed by atoms with Crippen molar-refractivity contribution in [3.05, 3.63) is 46.8 Å². The molecule has 0 aliphatic carbocycles. The average molecular weight is 639 g/mol. The molecular formula is C33H42N4O9. The number of aromatic nitrogens is 2. The highest BCUT2D eigenvalue weighted by Crippen LogP contribution is 2.37. The minimum absolute atomic E-state index is 0.0257. The van der Waals surface area contributed by atoms with Crippen molar-refractivity contribution in [2.75, 3.05) is 33.7 Å². The molecule has 0 radical (unpaired) electrons. The molecule has 2 N–H and O–H groups in total. The van der Waals surface area contributed by atoms with Crippen LogP contribution in [0.5, 0.6) is 17.2 Å². The number of alkyl carbamates (subject to hydrolysis) is 1. The zero-order valence-electron chi connectivity index (χ0n) is 27.4. The molecular weight excluding hydrogens is 596 g/mol. The lowest BCUT2D eigenvalue weighted by molar-refractivity contribution is -0.134. The Morgan fingerprint density at radius 3 is 2.54 bits per heavy atom. The third-order valence-corrected chi connectivity index (χ3v) is 7.31. The first-order valence-corrected chi connectivity index (χ1v) is 15.1. The van der Waals surface area contributed by atoms with Crippen LogP contribution >= 0.6 is 0 Å². The third kappa shape index (κ3) is 8.06. The number of aromatic amines is 1. The van der Waals surface area contributed by atoms with E-state index in [2.05, 4.69) is 15.3 Å². The van der Waals surface area contributed by atoms with Crippen LogP contribution in [0.2, 0.25) is 0 Å². The Hall–Kier alpha value is -4.81. The minimum atomic E-state index is -1.04. The maximum atomic E-state index is 13.4. The summed E-state index contributed by atoms with van der Waals surface area (Å²) < 4.78 is 27.2. The van der Waals surface area contributed by atoms with Gasteiger partial charge in [0.1, 0.15) is 29.6 Å². The summed E-state index contributed by atoms with van der Waals surface area (Å²) in [5.74, 6) is 0.931. The van der Waals surface area contributed by atoms with E-state index in [9.17, 15) is 19.2 Å². The number of benzene rings is 2. The first-order chi connectivity index (χ1) is 21.7. The number of fused-ring (bicyclic) bond motifs is 3. The van der Waals surface area contributed by atoms with Crippen LogP contribution in [0.25, 0.3) is 22.3 Å². The van der Waals surface area contributed by atoms with E-state index in [4.69, 9.17) is 23.7 Å². The van der Waals surface area contributed by atoms with E-state index in [0.29, 0.717) is 40.3 Å². The number of nitrogens with one attached hydrogen (secondary N) is 2. The summed E-state index contributed by atoms with van der Waals surface area (Å²) in [5.41, 5.74) is 0.0645. The van der Waals surface area contributed by atoms with E-state index < -0.39 is 35.0 Å². The van der Waals surface area contributed by atoms with Gasteiger partial charge in [-0.1, -0.05) is 60.1 Å². The topological polar surface area (TPSA) is 158 Å². The molecule has 0 unspecified atom stereocenters. The van der Waals surface area contributed by atoms with Crippen molar-refractivity contribution < 1.29 is 38.1 Å². The van der Waals surface area contributed by atoms with Gasteiger partial charge in [0.05, 0.1) is 19.2 Å². The number of unbranched alkanes of at least 4 members (excludes halogenated alkanes) is 1. The van der Waals surface area contributed by atoms with E-state index >= 15 is 0 Å². The lowest BCUT2D eigenvalue weighted by Crippen LogP contribution is -2.56. The Kier molecular flexibility index (Phi) is 10.4. The number of hydrogen-bond donors (Lipinski definition) is 2. The van der Waals surface area contributed by atoms with Gasteiger partial charge in [-0.05, 0) is 36.1 Å². The molecule has 1 aliphatic rings. The Morgan fingerprint density at radius 2 is 1.85 bits per heavy atom. The Morgan fingerprint density at radius 1 is 1.09 bits per heavy atom. The molecule has 13 nitrogen and oxygen atoms in total. The van der Waals surface area contributed by atoms with Crippen molar-refractivity contribution in [2.24, 2.45) is 10.8 Å². The maximum absolute atomic E-state index is 13.4. The van der Waals surface area contributed by atoms with Gasteiger partial charge in [-0.2, -0.15) is 0 Å². The molecule has 1 atom stereocenters. The number of ether oxygens (including phenoxy) is 5. The molecule has 13 heteroatoms. The fourth-order valence-corrected chi connectivity index (χ4v) is 4.71. The normalized spacial score (nSPS) is 13.2. The second-order valence-corrected chi connectivity index (χ2v) is 12.9. The van der Waals surface area contributed by atoms with Crippen LogP contribution in [-0.2, 0) is 14.3 Å². The minimum Gasteiger partial charge on any atom is -0.493 e. The van der Waals surface area contributed by atoms with Gasteiger partial charge in [-0.15, -0.1) is 0 Å². The molecule has 0 bridgehead atoms. The summed E-state index contributed by atoms with van der Waals surface area (Å²) in [4.78, 5) is 59.9. The Labute approximate surface area is 267 Å². The smallest absolute Gasteiger partial charge is 0.416 e. The number of carbonyl (C=O) groups is 3. The average Bonchev–Trinajstić information content (AvgIpc) is 3.51. The summed E-state index contributed by atoms with van der Waals surface area (Å²) in [6.45, 7) is 11.4. The van der Waals surface area contributed by atoms with Gasteiger partial charge in [0, 0.05) is 17.5 Å². The zero-order valence-corrected chi connectivity index (χ0v) is 27.4. The van der Waals surface area contributed by atoms with Gasteiger partial charge in [0.25, 0.3) is 11.5 Å². The zero-order chi connectivity index (χ0) is 33.6. The van der Waals surface area contributed by atoms with Crippen molar-refractivity contribution in [1.82, 2.24) is 20.2 Å². The number of carbonyl (C=O) groups excluding carboxylic acids is 3. The van der Waals surface area contributed by atoms with Gasteiger partial charge < -0.3 is 34.0 Å². The number of rotatable bonds is 11. The number of nitrogens with zero attached hydrogens (tertiary/aromatic N) is 2. The molecule has 1 aliphatic heterocycles. The Balaban J connectivity index is 1.39. The first-order valence-electron chi connectivity index (χ1n) is 15.1. The number of imide groups is 1. The lowest BCUT2D eigenvalue weighted by atomic mass is 9.86. The van der Waals surface area contributed by atoms with Crippen molar-refractivity contribution >= 4 is 29.1 Å². The molecule has 248 valence electrons. The van der Waals surface area contributed by atoms with E-state index in [1.807, 2.05) is 20.8 Å². The second kappa shape index (κ2) is 14.1. The molecule has 1 aromatic heterocycles. The highest BCUT2D eigenvalue weighted by molar-refractivity contribution is 5.96. The van der Waals surface area contributed by atoms with Crippen LogP contribution in [-0.4, -0.2) is 72.7 Å². The summed E-state index contributed by atoms with van der Waals surface area (Å²) in [5, 5.41) is 2.64. The summed E-state index contributed by atoms with van der Waals surface area (Å²) in [6, 6.07) is 9.45. The van der Waals surface area contributed by atoms with Crippen LogP contribution in [0.15, 0.2) is 41.2 Å². The fourth-order valence-electron chi connectivity index (χ4n) is 4.71. The van der Waals surface area contributed by atoms with Crippen molar-refractivity contribution in [3.63, 3.8) is 0 Å². The number of methoxy groups -OCH3 is 1. The molecule has 0 saturated heterocycles. The van der Waals surface area contributed by atoms with Crippen molar-refractivity contribution in [2.45, 2.75) is 60.4 Å². The summed E-state index contributed by atoms with van der Waals surface area (Å²) in [6.07, 6.45) is -0.210. The number of amides is 3. The Bertz CT molecular complexity index is 1640. The van der Waals surface area contributed by atoms with Gasteiger partial charge in [0.2, 0.25) is 6.79 Å². The lowest BCUT2D eigenvalue weighted by Gasteiger charge is -2.33. The van der Waals surface area contributed by atoms with E-state index in [0.717, 1.165) is 11.3 Å². The predicted molar refractivity (Wildman–Crippen MR) is 170 cm³/mol. The predicted octanol–water partition coefficient (Wildman–Crippen LogP) is 5.26. The van der Waals surface area contributed by atoms with Gasteiger partial charge in [0.15, 0.2) is 11.5 Å². The van der Waals surface area contributed by atoms with Gasteiger partial charge >= 0.3 is 12.2 Å². The van der Waals surface area contributed by atoms with Gasteiger partial charge in [-0.25, -0.2) is 19.5 Å². The monoisotopic (exact) mass is 638 g/mol. The molecule has 3 aromatic rings. The molecule has 0 fully saturated rings. The molecule has 2 heterocycles. The highest BCUT2D eigenvalue weighted by Gasteiger charge is 2.39. The van der Waals surface area contributed by atoms with E-state index in [1.54, 1.807) is 57.2 Å². The van der Waals surface area contributed by atoms with Crippen LogP contribution in [0.4, 0.5) is 9.59 Å². The maximum Gasteiger partial charge on any atom is 0.416 e. The van der Waals surface area contributed by atoms with Crippen LogP contribution in [0.1, 0.15) is 54.4 Å². The van der Waals surface area contributed by atoms with E-state index in [-0.39, 0.29) is 37.8 Å². The van der Waals surface area contributed by atoms with Crippen LogP contribution in [0.3, 0.4) is 0 Å². The standard InChI is InChI=1S/C33H42N4O9/c1-8-9-15-37(31(41)42-7)29(39)27(32(2,3)4)36-30(40)44-18-33(5,6)17-43-21-12-10-11-20(16-21)24-28(38)35-25-22(34-24)13-14-23-26(25)46-19-45-23/h10-14,16,27H,8-9,15,17-19H2,1-7H3,(H,35,38)(H,36,40)/t27-/m1/s1. The molecule has 46 heavy (non-hydrogen) atoms. The highest BCUT2D eigenvalue weighted by atomic mass is 16.7. The molecule has 4 rings (SSSR count). The second-order valence-electron chi connectivity index (χ2n) is 12.9. The van der Waals surface area contributed by atoms with Crippen molar-refractivity contribution in [3.8, 4) is 28.5 Å². The molecule has 3 amide bonds. The third-order valence-electron chi connectivity index (χ3n) is 7.31. The summed E-state index contributed by atoms with van der Waals surface area (Å²) >= 11 is 0. The first kappa shape index (κ1) is 34.1. The number of H-pyrrole nitrogens is 1. The largest absolute Gasteiger partial charge is 0.493 e. The molecule has 0 saturated carbocycles. The fraction of sp³-hybridized carbons (Fsp3) is 0.485. The van der Waals surface area contributed by atoms with Crippen molar-refractivity contribution in [1.29, 1.82) is 0 Å². The molecule has 0 spiro atoms. The summed E-state index contributed by atoms with van der Waals surface area (Å²) in [7, 11) is 1.21. The quantitative estimate of drug-likeness (QED) is 0.284. The van der Waals surface area contributed by atoms with Crippen LogP contribution < -0.4 is 25.1 Å². The SMILES string of the molecule is CCCCN(C(=O)OC)C(=O)[C@@H](NC(=O)OCC(C)(C)COc1cccc(-c2nc3ccc4c(c3[nH]c2=O)OCO4)c1)C(C)(C)C.